The fraction of sp³-hybridized carbons (Fsp3) is 0.0667. The number of rotatable bonds is 3. The molecule has 2 aromatic carbocycles. The number of nitrogens with one attached hydrogen (secondary N) is 1. The van der Waals surface area contributed by atoms with E-state index in [1.165, 1.54) is 6.92 Å². The predicted molar refractivity (Wildman–Crippen MR) is 86.0 cm³/mol. The molecule has 3 nitrogen and oxygen atoms in total. The second kappa shape index (κ2) is 6.33. The van der Waals surface area contributed by atoms with Crippen molar-refractivity contribution in [2.75, 3.05) is 5.32 Å². The lowest BCUT2D eigenvalue weighted by Crippen LogP contribution is -2.12. The lowest BCUT2D eigenvalue weighted by atomic mass is 10.0. The molecule has 0 saturated carbocycles. The Morgan fingerprint density at radius 1 is 1.05 bits per heavy atom. The molecule has 0 atom stereocenters. The molecule has 0 aliphatic carbocycles. The van der Waals surface area contributed by atoms with E-state index in [2.05, 4.69) is 37.2 Å². The smallest absolute Gasteiger partial charge is 0.221 e. The molecule has 0 aliphatic rings. The quantitative estimate of drug-likeness (QED) is 0.781. The van der Waals surface area contributed by atoms with Crippen molar-refractivity contribution < 1.29 is 9.59 Å². The van der Waals surface area contributed by atoms with Crippen molar-refractivity contribution >= 4 is 49.2 Å². The molecule has 1 N–H and O–H groups in total. The van der Waals surface area contributed by atoms with Crippen LogP contribution in [0.1, 0.15) is 22.8 Å². The second-order valence-electron chi connectivity index (χ2n) is 4.19. The number of ketones is 1. The number of halogens is 2. The highest BCUT2D eigenvalue weighted by atomic mass is 79.9. The summed E-state index contributed by atoms with van der Waals surface area (Å²) < 4.78 is 1.42. The number of amides is 1. The number of hydrogen-bond donors (Lipinski definition) is 1. The topological polar surface area (TPSA) is 46.2 Å². The van der Waals surface area contributed by atoms with E-state index < -0.39 is 0 Å². The normalized spacial score (nSPS) is 10.2. The second-order valence-corrected chi connectivity index (χ2v) is 5.96. The minimum Gasteiger partial charge on any atom is -0.325 e. The average Bonchev–Trinajstić information content (AvgIpc) is 2.41. The minimum absolute atomic E-state index is 0.142. The van der Waals surface area contributed by atoms with Crippen molar-refractivity contribution in [3.8, 4) is 0 Å². The number of carbonyl (C=O) groups is 2. The van der Waals surface area contributed by atoms with Gasteiger partial charge in [-0.1, -0.05) is 46.3 Å². The van der Waals surface area contributed by atoms with E-state index in [1.54, 1.807) is 36.4 Å². The Balaban J connectivity index is 2.55. The zero-order chi connectivity index (χ0) is 14.7. The van der Waals surface area contributed by atoms with Gasteiger partial charge in [0.25, 0.3) is 0 Å². The fourth-order valence-corrected chi connectivity index (χ4v) is 3.13. The number of carbonyl (C=O) groups excluding carboxylic acids is 2. The standard InChI is InChI=1S/C15H11Br2NO2/c1-9(19)18-14-12(7-11(16)8-13(14)17)15(20)10-5-3-2-4-6-10/h2-8H,1H3,(H,18,19). The molecular weight excluding hydrogens is 386 g/mol. The summed E-state index contributed by atoms with van der Waals surface area (Å²) in [5, 5.41) is 2.69. The highest BCUT2D eigenvalue weighted by molar-refractivity contribution is 9.11. The zero-order valence-electron chi connectivity index (χ0n) is 10.6. The molecule has 0 spiro atoms. The van der Waals surface area contributed by atoms with Gasteiger partial charge in [0, 0.05) is 27.0 Å². The van der Waals surface area contributed by atoms with Gasteiger partial charge < -0.3 is 5.32 Å². The Hall–Kier alpha value is -1.46. The van der Waals surface area contributed by atoms with Crippen LogP contribution in [0.25, 0.3) is 0 Å². The highest BCUT2D eigenvalue weighted by Crippen LogP contribution is 2.32. The third-order valence-electron chi connectivity index (χ3n) is 2.64. The number of anilines is 1. The maximum atomic E-state index is 12.6. The largest absolute Gasteiger partial charge is 0.325 e. The molecule has 0 aliphatic heterocycles. The van der Waals surface area contributed by atoms with Gasteiger partial charge >= 0.3 is 0 Å². The molecule has 0 aromatic heterocycles. The van der Waals surface area contributed by atoms with Crippen LogP contribution in [0.2, 0.25) is 0 Å². The van der Waals surface area contributed by atoms with Crippen LogP contribution in [0, 0.1) is 0 Å². The molecular formula is C15H11Br2NO2. The predicted octanol–water partition coefficient (Wildman–Crippen LogP) is 4.40. The van der Waals surface area contributed by atoms with Crippen molar-refractivity contribution in [2.24, 2.45) is 0 Å². The summed E-state index contributed by atoms with van der Waals surface area (Å²) >= 11 is 6.73. The summed E-state index contributed by atoms with van der Waals surface area (Å²) in [4.78, 5) is 23.9. The van der Waals surface area contributed by atoms with Crippen LogP contribution < -0.4 is 5.32 Å². The molecule has 20 heavy (non-hydrogen) atoms. The van der Waals surface area contributed by atoms with Crippen molar-refractivity contribution in [1.29, 1.82) is 0 Å². The van der Waals surface area contributed by atoms with E-state index in [0.717, 1.165) is 4.47 Å². The first-order valence-corrected chi connectivity index (χ1v) is 7.44. The summed E-state index contributed by atoms with van der Waals surface area (Å²) in [6, 6.07) is 12.4. The Labute approximate surface area is 133 Å². The summed E-state index contributed by atoms with van der Waals surface area (Å²) in [7, 11) is 0. The van der Waals surface area contributed by atoms with Crippen LogP contribution >= 0.6 is 31.9 Å². The lowest BCUT2D eigenvalue weighted by Gasteiger charge is -2.12. The van der Waals surface area contributed by atoms with E-state index in [4.69, 9.17) is 0 Å². The molecule has 0 fully saturated rings. The lowest BCUT2D eigenvalue weighted by molar-refractivity contribution is -0.114. The Bertz CT molecular complexity index is 669. The van der Waals surface area contributed by atoms with Gasteiger partial charge in [-0.15, -0.1) is 0 Å². The van der Waals surface area contributed by atoms with Gasteiger partial charge in [0.2, 0.25) is 5.91 Å². The molecule has 2 rings (SSSR count). The van der Waals surface area contributed by atoms with Crippen molar-refractivity contribution in [3.63, 3.8) is 0 Å². The number of hydrogen-bond acceptors (Lipinski definition) is 2. The van der Waals surface area contributed by atoms with Crippen molar-refractivity contribution in [2.45, 2.75) is 6.92 Å². The molecule has 0 radical (unpaired) electrons. The molecule has 5 heteroatoms. The maximum absolute atomic E-state index is 12.6. The maximum Gasteiger partial charge on any atom is 0.221 e. The molecule has 2 aromatic rings. The summed E-state index contributed by atoms with van der Waals surface area (Å²) in [6.45, 7) is 1.41. The first-order valence-electron chi connectivity index (χ1n) is 5.85. The molecule has 0 saturated heterocycles. The van der Waals surface area contributed by atoms with Crippen LogP contribution in [0.5, 0.6) is 0 Å². The monoisotopic (exact) mass is 395 g/mol. The summed E-state index contributed by atoms with van der Waals surface area (Å²) in [5.41, 5.74) is 1.49. The van der Waals surface area contributed by atoms with Crippen LogP contribution in [0.4, 0.5) is 5.69 Å². The summed E-state index contributed by atoms with van der Waals surface area (Å²) in [5.74, 6) is -0.369. The van der Waals surface area contributed by atoms with Crippen LogP contribution in [0.3, 0.4) is 0 Å². The zero-order valence-corrected chi connectivity index (χ0v) is 13.8. The molecule has 0 heterocycles. The number of benzene rings is 2. The van der Waals surface area contributed by atoms with Crippen molar-refractivity contribution in [3.05, 3.63) is 62.5 Å². The molecule has 0 bridgehead atoms. The summed E-state index contributed by atoms with van der Waals surface area (Å²) in [6.07, 6.45) is 0. The fourth-order valence-electron chi connectivity index (χ4n) is 1.80. The van der Waals surface area contributed by atoms with E-state index >= 15 is 0 Å². The highest BCUT2D eigenvalue weighted by Gasteiger charge is 2.17. The van der Waals surface area contributed by atoms with Gasteiger partial charge in [0.15, 0.2) is 5.78 Å². The first kappa shape index (κ1) is 14.9. The van der Waals surface area contributed by atoms with Gasteiger partial charge in [0.1, 0.15) is 0 Å². The average molecular weight is 397 g/mol. The van der Waals surface area contributed by atoms with Gasteiger partial charge in [-0.3, -0.25) is 9.59 Å². The van der Waals surface area contributed by atoms with Crippen LogP contribution in [-0.4, -0.2) is 11.7 Å². The van der Waals surface area contributed by atoms with Gasteiger partial charge in [-0.2, -0.15) is 0 Å². The Morgan fingerprint density at radius 2 is 1.70 bits per heavy atom. The van der Waals surface area contributed by atoms with Gasteiger partial charge in [-0.05, 0) is 28.1 Å². The Morgan fingerprint density at radius 3 is 2.30 bits per heavy atom. The Kier molecular flexibility index (Phi) is 4.73. The van der Waals surface area contributed by atoms with E-state index in [-0.39, 0.29) is 11.7 Å². The molecule has 102 valence electrons. The van der Waals surface area contributed by atoms with Crippen LogP contribution in [0.15, 0.2) is 51.4 Å². The van der Waals surface area contributed by atoms with Crippen molar-refractivity contribution in [1.82, 2.24) is 0 Å². The van der Waals surface area contributed by atoms with Gasteiger partial charge in [-0.25, -0.2) is 0 Å². The van der Waals surface area contributed by atoms with E-state index in [9.17, 15) is 9.59 Å². The van der Waals surface area contributed by atoms with E-state index in [1.807, 2.05) is 6.07 Å². The minimum atomic E-state index is -0.227. The first-order chi connectivity index (χ1) is 9.49. The van der Waals surface area contributed by atoms with Gasteiger partial charge in [0.05, 0.1) is 5.69 Å². The third-order valence-corrected chi connectivity index (χ3v) is 3.72. The SMILES string of the molecule is CC(=O)Nc1c(Br)cc(Br)cc1C(=O)c1ccccc1. The molecule has 1 amide bonds. The van der Waals surface area contributed by atoms with E-state index in [0.29, 0.717) is 21.3 Å². The third kappa shape index (κ3) is 3.35. The van der Waals surface area contributed by atoms with Crippen LogP contribution in [-0.2, 0) is 4.79 Å². The molecule has 0 unspecified atom stereocenters.